The molecule has 0 aromatic heterocycles. The summed E-state index contributed by atoms with van der Waals surface area (Å²) in [6, 6.07) is 0. The van der Waals surface area contributed by atoms with Crippen LogP contribution >= 0.6 is 7.82 Å². The zero-order valence-corrected chi connectivity index (χ0v) is 20.7. The van der Waals surface area contributed by atoms with Gasteiger partial charge in [-0.2, -0.15) is 0 Å². The average Bonchev–Trinajstić information content (AvgIpc) is 0.688. The highest BCUT2D eigenvalue weighted by Gasteiger charge is 2.22. The Morgan fingerprint density at radius 1 is 0.625 bits per heavy atom. The Balaban J connectivity index is 7.78. The molecule has 0 aromatic rings. The zero-order valence-electron chi connectivity index (χ0n) is 73.8. The van der Waals surface area contributed by atoms with E-state index in [9.17, 15) is 23.9 Å². The molecular formula is C31H61O8P. The maximum absolute atomic E-state index is 13.6. The van der Waals surface area contributed by atoms with Crippen molar-refractivity contribution in [2.45, 2.75) is 173 Å². The first-order chi connectivity index (χ1) is 39.6. The largest absolute Gasteiger partial charge is 0.469 e. The summed E-state index contributed by atoms with van der Waals surface area (Å²) < 4.78 is 461. The molecular weight excluding hydrogens is 531 g/mol. The van der Waals surface area contributed by atoms with Crippen LogP contribution in [-0.2, 0) is 28.2 Å². The molecule has 0 heterocycles. The Morgan fingerprint density at radius 3 is 1.40 bits per heavy atom. The molecule has 0 saturated carbocycles. The Labute approximate surface area is 320 Å². The van der Waals surface area contributed by atoms with Crippen molar-refractivity contribution in [3.8, 4) is 0 Å². The van der Waals surface area contributed by atoms with E-state index in [1.165, 1.54) is 0 Å². The Kier molecular flexibility index (Phi) is 4.70. The van der Waals surface area contributed by atoms with E-state index >= 15 is 0 Å². The fraction of sp³-hybridized carbons (Fsp3) is 0.935. The number of carbonyl (C=O) groups excluding carboxylic acids is 2. The van der Waals surface area contributed by atoms with Crippen molar-refractivity contribution in [1.82, 2.24) is 0 Å². The van der Waals surface area contributed by atoms with Gasteiger partial charge in [-0.25, -0.2) is 4.57 Å². The molecule has 238 valence electrons. The van der Waals surface area contributed by atoms with E-state index in [0.29, 0.717) is 0 Å². The zero-order chi connectivity index (χ0) is 77.8. The summed E-state index contributed by atoms with van der Waals surface area (Å²) in [5.74, 6) is -6.11. The molecule has 0 bridgehead atoms. The van der Waals surface area contributed by atoms with Gasteiger partial charge in [-0.15, -0.1) is 0 Å². The van der Waals surface area contributed by atoms with Crippen LogP contribution in [-0.4, -0.2) is 41.0 Å². The summed E-state index contributed by atoms with van der Waals surface area (Å²) in [4.78, 5) is 45.6. The van der Waals surface area contributed by atoms with Crippen molar-refractivity contribution in [3.05, 3.63) is 0 Å². The van der Waals surface area contributed by atoms with Crippen molar-refractivity contribution in [2.24, 2.45) is 0 Å². The molecule has 0 saturated heterocycles. The van der Waals surface area contributed by atoms with E-state index < -0.39 is 206 Å². The topological polar surface area (TPSA) is 119 Å². The predicted molar refractivity (Wildman–Crippen MR) is 161 cm³/mol. The van der Waals surface area contributed by atoms with Gasteiger partial charge in [0.1, 0.15) is 6.61 Å². The molecule has 0 radical (unpaired) electrons. The maximum atomic E-state index is 13.6. The van der Waals surface area contributed by atoms with Gasteiger partial charge in [0.2, 0.25) is 0 Å². The summed E-state index contributed by atoms with van der Waals surface area (Å²) in [7, 11) is -6.01. The lowest BCUT2D eigenvalue weighted by Crippen LogP contribution is -2.29. The highest BCUT2D eigenvalue weighted by Crippen LogP contribution is 2.35. The summed E-state index contributed by atoms with van der Waals surface area (Å²) in [6.45, 7) is -12.8. The molecule has 0 aliphatic rings. The van der Waals surface area contributed by atoms with Gasteiger partial charge < -0.3 is 19.3 Å². The minimum absolute atomic E-state index is 2.08. The van der Waals surface area contributed by atoms with Crippen LogP contribution in [0.1, 0.15) is 241 Å². The van der Waals surface area contributed by atoms with Crippen molar-refractivity contribution < 1.29 is 112 Å². The normalized spacial score (nSPS) is 41.6. The van der Waals surface area contributed by atoms with Gasteiger partial charge in [-0.3, -0.25) is 14.1 Å². The number of esters is 2. The number of hydrogen-bond acceptors (Lipinski definition) is 6. The van der Waals surface area contributed by atoms with Crippen molar-refractivity contribution >= 4 is 19.8 Å². The number of rotatable bonds is 30. The van der Waals surface area contributed by atoms with Crippen LogP contribution < -0.4 is 0 Å². The van der Waals surface area contributed by atoms with Crippen LogP contribution in [0.4, 0.5) is 0 Å². The summed E-state index contributed by atoms with van der Waals surface area (Å²) in [6.07, 6.45) is -127. The fourth-order valence-corrected chi connectivity index (χ4v) is 1.77. The smallest absolute Gasteiger partial charge is 0.462 e. The van der Waals surface area contributed by atoms with Gasteiger partial charge in [-0.1, -0.05) is 141 Å². The Bertz CT molecular complexity index is 2800. The standard InChI is InChI=1S/C31H61O8P/c1-3-5-7-9-11-13-15-17-19-21-23-25-30(32)37-27-29(28-38-40(34,35)36)39-31(33)26-24-22-20-18-16-14-12-10-8-6-4-2/h29H,3-28H2,1-2H3,(H2,34,35,36)/t29-/m1/s1/i1D3,2D3,3D2,4D2,5D2,6D2,7D2,8D2,9D2,10D2,11D2,12D2,13D2,14D2,15D2,16D2,17D2,18D2,19D2,20D2,21D2,22D2,23D2,24D2,25D2,26D2. The number of hydrogen-bond donors (Lipinski definition) is 2. The molecule has 0 aromatic carbocycles. The third-order valence-corrected chi connectivity index (χ3v) is 3.17. The van der Waals surface area contributed by atoms with Gasteiger partial charge in [0.15, 0.2) is 6.10 Å². The molecule has 0 amide bonds. The van der Waals surface area contributed by atoms with Gasteiger partial charge in [-0.05, 0) is 12.7 Å². The lowest BCUT2D eigenvalue weighted by molar-refractivity contribution is -0.161. The summed E-state index contributed by atoms with van der Waals surface area (Å²) in [5, 5.41) is 0. The van der Waals surface area contributed by atoms with Crippen LogP contribution in [0.3, 0.4) is 0 Å². The Hall–Kier alpha value is -0.950. The first-order valence-electron chi connectivity index (χ1n) is 36.7. The van der Waals surface area contributed by atoms with Gasteiger partial charge in [0.05, 0.1) is 6.61 Å². The van der Waals surface area contributed by atoms with E-state index in [1.807, 2.05) is 0 Å². The van der Waals surface area contributed by atoms with Crippen molar-refractivity contribution in [1.29, 1.82) is 0 Å². The lowest BCUT2D eigenvalue weighted by atomic mass is 10.1. The number of phosphoric acid groups is 1. The SMILES string of the molecule is [2H]C([2H])([2H])C([2H])([2H])C([2H])([2H])C([2H])([2H])C([2H])([2H])C([2H])([2H])C([2H])([2H])C([2H])([2H])C([2H])([2H])C([2H])([2H])C([2H])([2H])C([2H])([2H])C([2H])([2H])C(=O)OC[C@H](COP(=O)(O)O)OC(=O)C([2H])([2H])C([2H])([2H])C([2H])([2H])C([2H])([2H])C([2H])([2H])C([2H])([2H])C([2H])([2H])C([2H])([2H])C([2H])([2H])C([2H])([2H])C([2H])([2H])C([2H])([2H])C([2H])([2H])[2H]. The number of phosphoric ester groups is 1. The molecule has 1 atom stereocenters. The quantitative estimate of drug-likeness (QED) is 0.0586. The first-order valence-corrected chi connectivity index (χ1v) is 11.2. The molecule has 0 fully saturated rings. The van der Waals surface area contributed by atoms with Crippen LogP contribution in [0.15, 0.2) is 0 Å². The second-order valence-corrected chi connectivity index (χ2v) is 6.65. The van der Waals surface area contributed by atoms with E-state index in [2.05, 4.69) is 14.0 Å². The molecule has 0 aliphatic carbocycles. The summed E-state index contributed by atoms with van der Waals surface area (Å²) >= 11 is 0. The second kappa shape index (κ2) is 28.2. The Morgan fingerprint density at radius 2 is 1.00 bits per heavy atom. The third-order valence-electron chi connectivity index (χ3n) is 2.68. The molecule has 9 heteroatoms. The van der Waals surface area contributed by atoms with E-state index in [4.69, 9.17) is 74.0 Å². The van der Waals surface area contributed by atoms with Crippen molar-refractivity contribution in [2.75, 3.05) is 13.2 Å². The van der Waals surface area contributed by atoms with Crippen molar-refractivity contribution in [3.63, 3.8) is 0 Å². The predicted octanol–water partition coefficient (Wildman–Crippen LogP) is 8.95. The lowest BCUT2D eigenvalue weighted by Gasteiger charge is -2.18. The van der Waals surface area contributed by atoms with Crippen LogP contribution in [0, 0.1) is 0 Å². The summed E-state index contributed by atoms with van der Waals surface area (Å²) in [5.41, 5.74) is 0. The first kappa shape index (κ1) is 6.67. The van der Waals surface area contributed by atoms with E-state index in [0.717, 1.165) is 0 Å². The molecule has 0 spiro atoms. The van der Waals surface area contributed by atoms with Crippen LogP contribution in [0.25, 0.3) is 0 Å². The molecule has 0 unspecified atom stereocenters. The van der Waals surface area contributed by atoms with Gasteiger partial charge >= 0.3 is 19.8 Å². The monoisotopic (exact) mass is 647 g/mol. The molecule has 0 rings (SSSR count). The maximum Gasteiger partial charge on any atom is 0.469 e. The fourth-order valence-electron chi connectivity index (χ4n) is 1.41. The highest BCUT2D eigenvalue weighted by atomic mass is 31.2. The van der Waals surface area contributed by atoms with Gasteiger partial charge in [0.25, 0.3) is 0 Å². The number of carbonyl (C=O) groups is 2. The van der Waals surface area contributed by atoms with E-state index in [-0.39, 0.29) is 0 Å². The van der Waals surface area contributed by atoms with Crippen LogP contribution in [0.5, 0.6) is 0 Å². The van der Waals surface area contributed by atoms with Gasteiger partial charge in [0, 0.05) is 86.8 Å². The van der Waals surface area contributed by atoms with E-state index in [1.54, 1.807) is 0 Å². The molecule has 0 aliphatic heterocycles. The molecule has 2 N–H and O–H groups in total. The molecule has 8 nitrogen and oxygen atoms in total. The third kappa shape index (κ3) is 30.0. The minimum Gasteiger partial charge on any atom is -0.462 e. The number of ether oxygens (including phenoxy) is 2. The van der Waals surface area contributed by atoms with Crippen LogP contribution in [0.2, 0.25) is 0 Å². The minimum atomic E-state index is -6.01. The second-order valence-electron chi connectivity index (χ2n) is 5.41. The average molecular weight is 647 g/mol. The highest BCUT2D eigenvalue weighted by molar-refractivity contribution is 7.46. The molecule has 40 heavy (non-hydrogen) atoms.